The van der Waals surface area contributed by atoms with Gasteiger partial charge < -0.3 is 19.9 Å². The number of hydrogen-bond donors (Lipinski definition) is 2. The van der Waals surface area contributed by atoms with E-state index in [2.05, 4.69) is 24.1 Å². The van der Waals surface area contributed by atoms with Crippen molar-refractivity contribution in [2.24, 2.45) is 5.41 Å². The molecule has 1 aliphatic heterocycles. The molecule has 6 nitrogen and oxygen atoms in total. The Kier molecular flexibility index (Phi) is 6.21. The van der Waals surface area contributed by atoms with E-state index < -0.39 is 0 Å². The van der Waals surface area contributed by atoms with Gasteiger partial charge in [-0.3, -0.25) is 9.69 Å². The fraction of sp³-hybridized carbons (Fsp3) is 0.611. The molecule has 1 atom stereocenters. The Labute approximate surface area is 143 Å². The topological polar surface area (TPSA) is 71.0 Å². The van der Waals surface area contributed by atoms with Crippen molar-refractivity contribution in [1.82, 2.24) is 10.2 Å². The standard InChI is InChI=1S/C18H28N2O4/c1-13(22)24-15-6-5-14(11-16(15)23-4)17(18(2,3)12-21)20-9-7-19-8-10-20/h5-6,11,17,19,21H,7-10,12H2,1-4H3/t17-/m0/s1. The molecule has 0 aromatic heterocycles. The molecule has 0 aliphatic carbocycles. The van der Waals surface area contributed by atoms with Crippen molar-refractivity contribution in [2.75, 3.05) is 39.9 Å². The van der Waals surface area contributed by atoms with Gasteiger partial charge in [0.2, 0.25) is 0 Å². The van der Waals surface area contributed by atoms with Crippen molar-refractivity contribution in [1.29, 1.82) is 0 Å². The van der Waals surface area contributed by atoms with Crippen LogP contribution < -0.4 is 14.8 Å². The van der Waals surface area contributed by atoms with Crippen LogP contribution in [0.3, 0.4) is 0 Å². The zero-order chi connectivity index (χ0) is 17.7. The van der Waals surface area contributed by atoms with Gasteiger partial charge in [-0.15, -0.1) is 0 Å². The van der Waals surface area contributed by atoms with Crippen LogP contribution in [0.25, 0.3) is 0 Å². The number of esters is 1. The van der Waals surface area contributed by atoms with Gasteiger partial charge in [0, 0.05) is 51.2 Å². The van der Waals surface area contributed by atoms with Gasteiger partial charge >= 0.3 is 5.97 Å². The van der Waals surface area contributed by atoms with Crippen LogP contribution in [-0.4, -0.2) is 55.9 Å². The lowest BCUT2D eigenvalue weighted by Crippen LogP contribution is -2.49. The number of nitrogens with zero attached hydrogens (tertiary/aromatic N) is 1. The first kappa shape index (κ1) is 18.7. The van der Waals surface area contributed by atoms with Crippen LogP contribution in [0.4, 0.5) is 0 Å². The van der Waals surface area contributed by atoms with Gasteiger partial charge in [0.1, 0.15) is 0 Å². The highest BCUT2D eigenvalue weighted by Gasteiger charge is 2.36. The molecule has 6 heteroatoms. The van der Waals surface area contributed by atoms with E-state index in [-0.39, 0.29) is 24.0 Å². The average molecular weight is 336 g/mol. The van der Waals surface area contributed by atoms with Gasteiger partial charge in [-0.25, -0.2) is 0 Å². The lowest BCUT2D eigenvalue weighted by atomic mass is 9.79. The summed E-state index contributed by atoms with van der Waals surface area (Å²) in [4.78, 5) is 13.6. The van der Waals surface area contributed by atoms with Crippen LogP contribution in [0.5, 0.6) is 11.5 Å². The van der Waals surface area contributed by atoms with Crippen molar-refractivity contribution in [3.8, 4) is 11.5 Å². The summed E-state index contributed by atoms with van der Waals surface area (Å²) in [6.45, 7) is 9.27. The second kappa shape index (κ2) is 7.96. The molecule has 0 unspecified atom stereocenters. The number of carbonyl (C=O) groups excluding carboxylic acids is 1. The molecule has 24 heavy (non-hydrogen) atoms. The zero-order valence-electron chi connectivity index (χ0n) is 15.0. The number of carbonyl (C=O) groups is 1. The minimum atomic E-state index is -0.379. The second-order valence-corrected chi connectivity index (χ2v) is 6.84. The van der Waals surface area contributed by atoms with Gasteiger partial charge in [-0.05, 0) is 17.7 Å². The van der Waals surface area contributed by atoms with Crippen LogP contribution in [0.1, 0.15) is 32.4 Å². The number of benzene rings is 1. The fourth-order valence-electron chi connectivity index (χ4n) is 3.28. The fourth-order valence-corrected chi connectivity index (χ4v) is 3.28. The van der Waals surface area contributed by atoms with Crippen LogP contribution >= 0.6 is 0 Å². The Hall–Kier alpha value is -1.63. The number of methoxy groups -OCH3 is 1. The van der Waals surface area contributed by atoms with Crippen molar-refractivity contribution in [3.05, 3.63) is 23.8 Å². The number of ether oxygens (including phenoxy) is 2. The summed E-state index contributed by atoms with van der Waals surface area (Å²) < 4.78 is 10.6. The monoisotopic (exact) mass is 336 g/mol. The smallest absolute Gasteiger partial charge is 0.308 e. The molecular formula is C18H28N2O4. The van der Waals surface area contributed by atoms with Crippen LogP contribution in [0.2, 0.25) is 0 Å². The van der Waals surface area contributed by atoms with E-state index in [1.165, 1.54) is 6.92 Å². The van der Waals surface area contributed by atoms with Gasteiger partial charge in [0.15, 0.2) is 11.5 Å². The third kappa shape index (κ3) is 4.26. The lowest BCUT2D eigenvalue weighted by Gasteiger charge is -2.43. The van der Waals surface area contributed by atoms with E-state index in [4.69, 9.17) is 9.47 Å². The number of hydrogen-bond acceptors (Lipinski definition) is 6. The molecule has 0 radical (unpaired) electrons. The zero-order valence-corrected chi connectivity index (χ0v) is 15.0. The normalized spacial score (nSPS) is 17.4. The molecular weight excluding hydrogens is 308 g/mol. The maximum Gasteiger partial charge on any atom is 0.308 e. The van der Waals surface area contributed by atoms with Crippen molar-refractivity contribution >= 4 is 5.97 Å². The first-order chi connectivity index (χ1) is 11.4. The predicted molar refractivity (Wildman–Crippen MR) is 92.4 cm³/mol. The summed E-state index contributed by atoms with van der Waals surface area (Å²) in [6, 6.07) is 5.66. The van der Waals surface area contributed by atoms with Crippen LogP contribution in [0, 0.1) is 5.41 Å². The van der Waals surface area contributed by atoms with Crippen LogP contribution in [-0.2, 0) is 4.79 Å². The molecule has 2 N–H and O–H groups in total. The quantitative estimate of drug-likeness (QED) is 0.607. The highest BCUT2D eigenvalue weighted by Crippen LogP contribution is 2.41. The molecule has 134 valence electrons. The molecule has 1 aromatic carbocycles. The Bertz CT molecular complexity index is 568. The van der Waals surface area contributed by atoms with E-state index in [9.17, 15) is 9.90 Å². The van der Waals surface area contributed by atoms with Crippen LogP contribution in [0.15, 0.2) is 18.2 Å². The first-order valence-corrected chi connectivity index (χ1v) is 8.31. The molecule has 1 fully saturated rings. The number of aliphatic hydroxyl groups is 1. The summed E-state index contributed by atoms with van der Waals surface area (Å²) in [5.74, 6) is 0.557. The summed E-state index contributed by atoms with van der Waals surface area (Å²) in [5.41, 5.74) is 0.731. The predicted octanol–water partition coefficient (Wildman–Crippen LogP) is 1.59. The van der Waals surface area contributed by atoms with E-state index >= 15 is 0 Å². The Morgan fingerprint density at radius 3 is 2.54 bits per heavy atom. The van der Waals surface area contributed by atoms with Gasteiger partial charge in [0.05, 0.1) is 7.11 Å². The van der Waals surface area contributed by atoms with Crippen molar-refractivity contribution in [2.45, 2.75) is 26.8 Å². The Balaban J connectivity index is 2.40. The molecule has 0 bridgehead atoms. The number of nitrogens with one attached hydrogen (secondary N) is 1. The maximum absolute atomic E-state index is 11.2. The minimum Gasteiger partial charge on any atom is -0.493 e. The first-order valence-electron chi connectivity index (χ1n) is 8.31. The maximum atomic E-state index is 11.2. The molecule has 1 saturated heterocycles. The third-order valence-electron chi connectivity index (χ3n) is 4.42. The van der Waals surface area contributed by atoms with E-state index in [0.29, 0.717) is 11.5 Å². The van der Waals surface area contributed by atoms with Gasteiger partial charge in [-0.2, -0.15) is 0 Å². The number of piperazine rings is 1. The van der Waals surface area contributed by atoms with E-state index in [1.54, 1.807) is 13.2 Å². The molecule has 1 aromatic rings. The summed E-state index contributed by atoms with van der Waals surface area (Å²) in [7, 11) is 1.56. The van der Waals surface area contributed by atoms with Gasteiger partial charge in [0.25, 0.3) is 0 Å². The second-order valence-electron chi connectivity index (χ2n) is 6.84. The average Bonchev–Trinajstić information content (AvgIpc) is 2.56. The lowest BCUT2D eigenvalue weighted by molar-refractivity contribution is -0.132. The third-order valence-corrected chi connectivity index (χ3v) is 4.42. The van der Waals surface area contributed by atoms with E-state index in [1.807, 2.05) is 12.1 Å². The highest BCUT2D eigenvalue weighted by molar-refractivity contribution is 5.70. The van der Waals surface area contributed by atoms with Crippen molar-refractivity contribution < 1.29 is 19.4 Å². The molecule has 1 aliphatic rings. The molecule has 1 heterocycles. The number of rotatable bonds is 6. The van der Waals surface area contributed by atoms with E-state index in [0.717, 1.165) is 31.7 Å². The summed E-state index contributed by atoms with van der Waals surface area (Å²) in [6.07, 6.45) is 0. The van der Waals surface area contributed by atoms with Gasteiger partial charge in [-0.1, -0.05) is 19.9 Å². The molecule has 0 spiro atoms. The Morgan fingerprint density at radius 2 is 2.00 bits per heavy atom. The molecule has 0 amide bonds. The highest BCUT2D eigenvalue weighted by atomic mass is 16.6. The summed E-state index contributed by atoms with van der Waals surface area (Å²) >= 11 is 0. The Morgan fingerprint density at radius 1 is 1.33 bits per heavy atom. The minimum absolute atomic E-state index is 0.0462. The molecule has 2 rings (SSSR count). The molecule has 0 saturated carbocycles. The SMILES string of the molecule is COc1cc([C@H](N2CCNCC2)C(C)(C)CO)ccc1OC(C)=O. The largest absolute Gasteiger partial charge is 0.493 e. The summed E-state index contributed by atoms with van der Waals surface area (Å²) in [5, 5.41) is 13.3. The number of aliphatic hydroxyl groups excluding tert-OH is 1. The van der Waals surface area contributed by atoms with Crippen molar-refractivity contribution in [3.63, 3.8) is 0 Å².